The number of fused-ring (bicyclic) bond motifs is 5. The molecule has 32 heavy (non-hydrogen) atoms. The molecule has 0 aromatic heterocycles. The molecule has 4 saturated heterocycles. The normalized spacial score (nSPS) is 34.4. The van der Waals surface area contributed by atoms with Crippen LogP contribution < -0.4 is 0 Å². The highest BCUT2D eigenvalue weighted by Gasteiger charge is 2.72. The van der Waals surface area contributed by atoms with Gasteiger partial charge in [-0.05, 0) is 11.1 Å². The number of hydrogen-bond donors (Lipinski definition) is 0. The molecule has 4 aliphatic heterocycles. The maximum absolute atomic E-state index is 13.3. The third-order valence-corrected chi connectivity index (χ3v) is 7.45. The van der Waals surface area contributed by atoms with Crippen LogP contribution in [-0.2, 0) is 19.2 Å². The summed E-state index contributed by atoms with van der Waals surface area (Å²) in [5.41, 5.74) is 1.70. The van der Waals surface area contributed by atoms with Crippen LogP contribution >= 0.6 is 0 Å². The average Bonchev–Trinajstić information content (AvgIpc) is 3.46. The topological polar surface area (TPSA) is 81.2 Å². The van der Waals surface area contributed by atoms with Gasteiger partial charge in [0.1, 0.15) is 12.1 Å². The Morgan fingerprint density at radius 2 is 0.844 bits per heavy atom. The van der Waals surface area contributed by atoms with Gasteiger partial charge < -0.3 is 0 Å². The van der Waals surface area contributed by atoms with E-state index in [1.54, 1.807) is 0 Å². The summed E-state index contributed by atoms with van der Waals surface area (Å²) >= 11 is 0. The van der Waals surface area contributed by atoms with Gasteiger partial charge in [-0.3, -0.25) is 29.0 Å². The molecular weight excluding hydrogens is 408 g/mol. The summed E-state index contributed by atoms with van der Waals surface area (Å²) in [4.78, 5) is 55.5. The summed E-state index contributed by atoms with van der Waals surface area (Å²) in [5, 5.41) is 3.75. The van der Waals surface area contributed by atoms with Gasteiger partial charge in [-0.2, -0.15) is 0 Å². The Labute approximate surface area is 185 Å². The second kappa shape index (κ2) is 6.57. The maximum Gasteiger partial charge on any atom is 0.248 e. The molecule has 0 saturated carbocycles. The first-order valence-electron chi connectivity index (χ1n) is 10.7. The number of amides is 4. The first-order chi connectivity index (χ1) is 15.4. The molecular formula is C24H22N4O4. The molecule has 162 valence electrons. The molecule has 0 aliphatic carbocycles. The molecule has 2 aromatic carbocycles. The maximum atomic E-state index is 13.3. The van der Waals surface area contributed by atoms with Crippen LogP contribution in [-0.4, -0.2) is 69.6 Å². The van der Waals surface area contributed by atoms with Crippen molar-refractivity contribution in [2.45, 2.75) is 24.2 Å². The Bertz CT molecular complexity index is 1060. The van der Waals surface area contributed by atoms with Crippen LogP contribution in [0.1, 0.15) is 23.2 Å². The first kappa shape index (κ1) is 19.3. The minimum Gasteiger partial charge on any atom is -0.284 e. The summed E-state index contributed by atoms with van der Waals surface area (Å²) in [6, 6.07) is 16.4. The zero-order valence-electron chi connectivity index (χ0n) is 17.7. The SMILES string of the molecule is CN1C(=O)[C@H]2[C@H](C1=O)N1[C@H](c3ccccc3)[C@@H]3C(=O)N(C)C(=O)[C@@H]3N1[C@H]2c1ccccc1. The third kappa shape index (κ3) is 2.23. The number of carbonyl (C=O) groups excluding carboxylic acids is 4. The van der Waals surface area contributed by atoms with Crippen molar-refractivity contribution in [3.63, 3.8) is 0 Å². The van der Waals surface area contributed by atoms with Gasteiger partial charge in [0.15, 0.2) is 0 Å². The molecule has 0 N–H and O–H groups in total. The van der Waals surface area contributed by atoms with E-state index in [4.69, 9.17) is 0 Å². The van der Waals surface area contributed by atoms with Crippen molar-refractivity contribution in [3.05, 3.63) is 71.8 Å². The Morgan fingerprint density at radius 1 is 0.500 bits per heavy atom. The molecule has 8 heteroatoms. The molecule has 4 heterocycles. The van der Waals surface area contributed by atoms with E-state index in [1.165, 1.54) is 23.9 Å². The lowest BCUT2D eigenvalue weighted by molar-refractivity contribution is -0.151. The quantitative estimate of drug-likeness (QED) is 0.661. The summed E-state index contributed by atoms with van der Waals surface area (Å²) < 4.78 is 0. The van der Waals surface area contributed by atoms with E-state index in [1.807, 2.05) is 70.7 Å². The Kier molecular flexibility index (Phi) is 3.97. The summed E-state index contributed by atoms with van der Waals surface area (Å²) in [5.74, 6) is -2.38. The molecule has 2 aromatic rings. The zero-order valence-corrected chi connectivity index (χ0v) is 17.7. The molecule has 6 rings (SSSR count). The number of hydrogen-bond acceptors (Lipinski definition) is 6. The second-order valence-electron chi connectivity index (χ2n) is 8.88. The number of rotatable bonds is 2. The van der Waals surface area contributed by atoms with E-state index >= 15 is 0 Å². The minimum absolute atomic E-state index is 0.253. The van der Waals surface area contributed by atoms with Crippen LogP contribution in [0.4, 0.5) is 0 Å². The third-order valence-electron chi connectivity index (χ3n) is 7.45. The van der Waals surface area contributed by atoms with Crippen LogP contribution in [0.25, 0.3) is 0 Å². The van der Waals surface area contributed by atoms with E-state index in [9.17, 15) is 19.2 Å². The molecule has 4 fully saturated rings. The van der Waals surface area contributed by atoms with Crippen molar-refractivity contribution < 1.29 is 19.2 Å². The zero-order chi connectivity index (χ0) is 22.3. The van der Waals surface area contributed by atoms with Gasteiger partial charge in [0.2, 0.25) is 23.6 Å². The van der Waals surface area contributed by atoms with Gasteiger partial charge in [0.25, 0.3) is 0 Å². The fourth-order valence-corrected chi connectivity index (χ4v) is 6.08. The monoisotopic (exact) mass is 430 g/mol. The number of benzene rings is 2. The van der Waals surface area contributed by atoms with Crippen molar-refractivity contribution in [3.8, 4) is 0 Å². The van der Waals surface area contributed by atoms with Gasteiger partial charge in [0, 0.05) is 14.1 Å². The number of likely N-dealkylation sites (tertiary alicyclic amines) is 2. The van der Waals surface area contributed by atoms with Crippen LogP contribution in [0, 0.1) is 11.8 Å². The van der Waals surface area contributed by atoms with Crippen LogP contribution in [0.15, 0.2) is 60.7 Å². The smallest absolute Gasteiger partial charge is 0.248 e. The van der Waals surface area contributed by atoms with Crippen LogP contribution in [0.2, 0.25) is 0 Å². The minimum atomic E-state index is -0.751. The number of hydrazine groups is 1. The van der Waals surface area contributed by atoms with Gasteiger partial charge in [-0.15, -0.1) is 0 Å². The molecule has 8 nitrogen and oxygen atoms in total. The Balaban J connectivity index is 1.60. The highest BCUT2D eigenvalue weighted by Crippen LogP contribution is 2.58. The number of carbonyl (C=O) groups is 4. The van der Waals surface area contributed by atoms with E-state index in [0.717, 1.165) is 11.1 Å². The van der Waals surface area contributed by atoms with E-state index in [2.05, 4.69) is 0 Å². The first-order valence-corrected chi connectivity index (χ1v) is 10.7. The van der Waals surface area contributed by atoms with Crippen molar-refractivity contribution in [2.24, 2.45) is 11.8 Å². The second-order valence-corrected chi connectivity index (χ2v) is 8.88. The van der Waals surface area contributed by atoms with Crippen molar-refractivity contribution >= 4 is 23.6 Å². The average molecular weight is 430 g/mol. The lowest BCUT2D eigenvalue weighted by atomic mass is 9.84. The van der Waals surface area contributed by atoms with Crippen LogP contribution in [0.5, 0.6) is 0 Å². The predicted molar refractivity (Wildman–Crippen MR) is 112 cm³/mol. The molecule has 6 atom stereocenters. The van der Waals surface area contributed by atoms with E-state index in [-0.39, 0.29) is 23.6 Å². The highest BCUT2D eigenvalue weighted by molar-refractivity contribution is 6.10. The van der Waals surface area contributed by atoms with E-state index < -0.39 is 36.0 Å². The number of imide groups is 2. The summed E-state index contributed by atoms with van der Waals surface area (Å²) in [6.45, 7) is 0. The fourth-order valence-electron chi connectivity index (χ4n) is 6.08. The molecule has 0 spiro atoms. The van der Waals surface area contributed by atoms with Gasteiger partial charge in [0.05, 0.1) is 23.9 Å². The van der Waals surface area contributed by atoms with Gasteiger partial charge in [-0.25, -0.2) is 10.0 Å². The number of nitrogens with zero attached hydrogens (tertiary/aromatic N) is 4. The lowest BCUT2D eigenvalue weighted by Crippen LogP contribution is -2.49. The molecule has 0 bridgehead atoms. The van der Waals surface area contributed by atoms with Crippen LogP contribution in [0.3, 0.4) is 0 Å². The largest absolute Gasteiger partial charge is 0.284 e. The van der Waals surface area contributed by atoms with Crippen molar-refractivity contribution in [2.75, 3.05) is 14.1 Å². The molecule has 4 aliphatic rings. The van der Waals surface area contributed by atoms with Crippen molar-refractivity contribution in [1.29, 1.82) is 0 Å². The highest BCUT2D eigenvalue weighted by atomic mass is 16.2. The molecule has 0 radical (unpaired) electrons. The molecule has 4 amide bonds. The van der Waals surface area contributed by atoms with Gasteiger partial charge in [-0.1, -0.05) is 60.7 Å². The summed E-state index contributed by atoms with van der Waals surface area (Å²) in [6.07, 6.45) is 0. The number of likely N-dealkylation sites (N-methyl/N-ethyl adjacent to an activating group) is 2. The van der Waals surface area contributed by atoms with Crippen molar-refractivity contribution in [1.82, 2.24) is 19.8 Å². The molecule has 0 unspecified atom stereocenters. The summed E-state index contributed by atoms with van der Waals surface area (Å²) in [7, 11) is 3.02. The van der Waals surface area contributed by atoms with E-state index in [0.29, 0.717) is 0 Å². The lowest BCUT2D eigenvalue weighted by Gasteiger charge is -2.35. The Morgan fingerprint density at radius 3 is 1.19 bits per heavy atom. The Hall–Kier alpha value is -3.36. The predicted octanol–water partition coefficient (Wildman–Crippen LogP) is 0.982. The standard InChI is InChI=1S/C24H22N4O4/c1-25-21(29)15-17(13-9-5-3-6-10-13)28-20-16(22(30)26(2)24(20)32)18(14-11-7-4-8-12-14)27(28)19(15)23(25)31/h3-12,15-20H,1-2H3/t15-,16+,17+,18-,19-,20-/m1/s1. The van der Waals surface area contributed by atoms with Gasteiger partial charge >= 0.3 is 0 Å². The fraction of sp³-hybridized carbons (Fsp3) is 0.333.